The topological polar surface area (TPSA) is 76.6 Å². The molecule has 1 aliphatic rings. The number of halogens is 1. The first-order chi connectivity index (χ1) is 14.2. The van der Waals surface area contributed by atoms with Gasteiger partial charge in [-0.05, 0) is 36.4 Å². The molecule has 0 saturated carbocycles. The molecule has 3 aromatic rings. The Morgan fingerprint density at radius 1 is 1.21 bits per heavy atom. The van der Waals surface area contributed by atoms with Gasteiger partial charge in [-0.3, -0.25) is 4.79 Å². The summed E-state index contributed by atoms with van der Waals surface area (Å²) in [6.07, 6.45) is 1.76. The van der Waals surface area contributed by atoms with E-state index in [1.807, 2.05) is 6.07 Å². The number of benzene rings is 1. The third-order valence-electron chi connectivity index (χ3n) is 4.33. The van der Waals surface area contributed by atoms with Gasteiger partial charge in [-0.15, -0.1) is 11.3 Å². The second-order valence-corrected chi connectivity index (χ2v) is 7.70. The highest BCUT2D eigenvalue weighted by Gasteiger charge is 2.14. The van der Waals surface area contributed by atoms with Gasteiger partial charge in [0.2, 0.25) is 0 Å². The van der Waals surface area contributed by atoms with Crippen LogP contribution < -0.4 is 15.0 Å². The Hall–Kier alpha value is -2.68. The Labute approximate surface area is 177 Å². The first-order valence-corrected chi connectivity index (χ1v) is 10.4. The standard InChI is InChI=1S/C20H19ClN4O3S/c21-14-1-4-16(5-2-14)28-12-19-23-17(13-29-19)20(26)24-18-6-3-15(11-22-18)25-7-9-27-10-8-25/h1-6,11,13H,7-10,12H2,(H,22,24,26). The summed E-state index contributed by atoms with van der Waals surface area (Å²) in [6, 6.07) is 10.8. The average molecular weight is 431 g/mol. The van der Waals surface area contributed by atoms with Crippen LogP contribution in [-0.2, 0) is 11.3 Å². The number of ether oxygens (including phenoxy) is 2. The maximum atomic E-state index is 12.4. The smallest absolute Gasteiger partial charge is 0.276 e. The largest absolute Gasteiger partial charge is 0.486 e. The summed E-state index contributed by atoms with van der Waals surface area (Å²) in [6.45, 7) is 3.39. The van der Waals surface area contributed by atoms with E-state index in [1.54, 1.807) is 41.9 Å². The molecule has 7 nitrogen and oxygen atoms in total. The lowest BCUT2D eigenvalue weighted by molar-refractivity contribution is 0.102. The molecule has 1 amide bonds. The molecule has 1 aliphatic heterocycles. The van der Waals surface area contributed by atoms with Gasteiger partial charge in [0, 0.05) is 23.5 Å². The van der Waals surface area contributed by atoms with Crippen LogP contribution in [0.25, 0.3) is 0 Å². The molecule has 9 heteroatoms. The number of amides is 1. The SMILES string of the molecule is O=C(Nc1ccc(N2CCOCC2)cn1)c1csc(COc2ccc(Cl)cc2)n1. The van der Waals surface area contributed by atoms with E-state index in [-0.39, 0.29) is 12.5 Å². The molecule has 1 aromatic carbocycles. The van der Waals surface area contributed by atoms with Crippen molar-refractivity contribution in [1.82, 2.24) is 9.97 Å². The number of hydrogen-bond donors (Lipinski definition) is 1. The Morgan fingerprint density at radius 2 is 2.00 bits per heavy atom. The van der Waals surface area contributed by atoms with Crippen molar-refractivity contribution >= 4 is 40.4 Å². The van der Waals surface area contributed by atoms with Crippen LogP contribution in [0.15, 0.2) is 48.0 Å². The number of nitrogens with one attached hydrogen (secondary N) is 1. The third kappa shape index (κ3) is 5.23. The van der Waals surface area contributed by atoms with Crippen molar-refractivity contribution in [3.05, 3.63) is 63.7 Å². The van der Waals surface area contributed by atoms with Crippen molar-refractivity contribution in [2.75, 3.05) is 36.5 Å². The first kappa shape index (κ1) is 19.6. The van der Waals surface area contributed by atoms with E-state index < -0.39 is 0 Å². The summed E-state index contributed by atoms with van der Waals surface area (Å²) in [5, 5.41) is 5.84. The lowest BCUT2D eigenvalue weighted by Gasteiger charge is -2.28. The van der Waals surface area contributed by atoms with Crippen molar-refractivity contribution < 1.29 is 14.3 Å². The predicted molar refractivity (Wildman–Crippen MR) is 113 cm³/mol. The molecule has 0 spiro atoms. The summed E-state index contributed by atoms with van der Waals surface area (Å²) in [5.74, 6) is 0.879. The van der Waals surface area contributed by atoms with Gasteiger partial charge < -0.3 is 19.7 Å². The number of thiazole rings is 1. The van der Waals surface area contributed by atoms with Gasteiger partial charge in [0.05, 0.1) is 25.1 Å². The van der Waals surface area contributed by atoms with Gasteiger partial charge in [-0.1, -0.05) is 11.6 Å². The number of anilines is 2. The molecule has 29 heavy (non-hydrogen) atoms. The molecule has 0 radical (unpaired) electrons. The normalized spacial score (nSPS) is 13.9. The molecule has 0 unspecified atom stereocenters. The van der Waals surface area contributed by atoms with Crippen LogP contribution in [0.5, 0.6) is 5.75 Å². The van der Waals surface area contributed by atoms with Crippen LogP contribution in [0.3, 0.4) is 0 Å². The molecule has 1 N–H and O–H groups in total. The highest BCUT2D eigenvalue weighted by atomic mass is 35.5. The van der Waals surface area contributed by atoms with Crippen molar-refractivity contribution in [2.24, 2.45) is 0 Å². The fraction of sp³-hybridized carbons (Fsp3) is 0.250. The fourth-order valence-electron chi connectivity index (χ4n) is 2.81. The van der Waals surface area contributed by atoms with E-state index >= 15 is 0 Å². The van der Waals surface area contributed by atoms with E-state index in [0.717, 1.165) is 18.8 Å². The summed E-state index contributed by atoms with van der Waals surface area (Å²) in [7, 11) is 0. The average Bonchev–Trinajstić information content (AvgIpc) is 3.24. The zero-order chi connectivity index (χ0) is 20.1. The van der Waals surface area contributed by atoms with Gasteiger partial charge in [0.15, 0.2) is 0 Å². The highest BCUT2D eigenvalue weighted by molar-refractivity contribution is 7.09. The molecule has 0 atom stereocenters. The number of pyridine rings is 1. The van der Waals surface area contributed by atoms with Crippen LogP contribution in [-0.4, -0.2) is 42.2 Å². The van der Waals surface area contributed by atoms with Crippen molar-refractivity contribution in [2.45, 2.75) is 6.61 Å². The second kappa shape index (κ2) is 9.21. The molecular formula is C20H19ClN4O3S. The number of carbonyl (C=O) groups excluding carboxylic acids is 1. The van der Waals surface area contributed by atoms with E-state index in [4.69, 9.17) is 21.1 Å². The monoisotopic (exact) mass is 430 g/mol. The molecule has 2 aromatic heterocycles. The predicted octanol–water partition coefficient (Wildman–Crippen LogP) is 3.86. The third-order valence-corrected chi connectivity index (χ3v) is 5.40. The number of morpholine rings is 1. The lowest BCUT2D eigenvalue weighted by atomic mass is 10.3. The number of aromatic nitrogens is 2. The second-order valence-electron chi connectivity index (χ2n) is 6.32. The molecule has 4 rings (SSSR count). The van der Waals surface area contributed by atoms with E-state index in [9.17, 15) is 4.79 Å². The van der Waals surface area contributed by atoms with E-state index in [2.05, 4.69) is 20.2 Å². The minimum atomic E-state index is -0.300. The first-order valence-electron chi connectivity index (χ1n) is 9.10. The Kier molecular flexibility index (Phi) is 6.24. The van der Waals surface area contributed by atoms with Gasteiger partial charge in [0.25, 0.3) is 5.91 Å². The van der Waals surface area contributed by atoms with E-state index in [0.29, 0.717) is 40.5 Å². The lowest BCUT2D eigenvalue weighted by Crippen LogP contribution is -2.36. The summed E-state index contributed by atoms with van der Waals surface area (Å²) in [5.41, 5.74) is 1.35. The molecule has 0 bridgehead atoms. The quantitative estimate of drug-likeness (QED) is 0.640. The minimum Gasteiger partial charge on any atom is -0.486 e. The zero-order valence-electron chi connectivity index (χ0n) is 15.5. The molecular weight excluding hydrogens is 412 g/mol. The molecule has 150 valence electrons. The van der Waals surface area contributed by atoms with Crippen molar-refractivity contribution in [3.63, 3.8) is 0 Å². The van der Waals surface area contributed by atoms with Crippen LogP contribution in [0, 0.1) is 0 Å². The number of nitrogens with zero attached hydrogens (tertiary/aromatic N) is 3. The zero-order valence-corrected chi connectivity index (χ0v) is 17.1. The molecule has 3 heterocycles. The van der Waals surface area contributed by atoms with Crippen LogP contribution >= 0.6 is 22.9 Å². The Morgan fingerprint density at radius 3 is 2.72 bits per heavy atom. The highest BCUT2D eigenvalue weighted by Crippen LogP contribution is 2.20. The maximum Gasteiger partial charge on any atom is 0.276 e. The Bertz CT molecular complexity index is 957. The fourth-order valence-corrected chi connectivity index (χ4v) is 3.62. The molecule has 1 fully saturated rings. The van der Waals surface area contributed by atoms with Crippen molar-refractivity contribution in [3.8, 4) is 5.75 Å². The van der Waals surface area contributed by atoms with Gasteiger partial charge in [0.1, 0.15) is 28.9 Å². The van der Waals surface area contributed by atoms with Gasteiger partial charge in [-0.25, -0.2) is 9.97 Å². The minimum absolute atomic E-state index is 0.284. The molecule has 1 saturated heterocycles. The Balaban J connectivity index is 1.32. The maximum absolute atomic E-state index is 12.4. The van der Waals surface area contributed by atoms with Gasteiger partial charge >= 0.3 is 0 Å². The summed E-state index contributed by atoms with van der Waals surface area (Å²) < 4.78 is 11.0. The number of carbonyl (C=O) groups is 1. The van der Waals surface area contributed by atoms with Crippen molar-refractivity contribution in [1.29, 1.82) is 0 Å². The number of rotatable bonds is 6. The molecule has 0 aliphatic carbocycles. The van der Waals surface area contributed by atoms with Crippen LogP contribution in [0.1, 0.15) is 15.5 Å². The van der Waals surface area contributed by atoms with Gasteiger partial charge in [-0.2, -0.15) is 0 Å². The van der Waals surface area contributed by atoms with Crippen LogP contribution in [0.2, 0.25) is 5.02 Å². The number of hydrogen-bond acceptors (Lipinski definition) is 7. The summed E-state index contributed by atoms with van der Waals surface area (Å²) >= 11 is 7.23. The summed E-state index contributed by atoms with van der Waals surface area (Å²) in [4.78, 5) is 23.3. The van der Waals surface area contributed by atoms with Crippen LogP contribution in [0.4, 0.5) is 11.5 Å². The van der Waals surface area contributed by atoms with E-state index in [1.165, 1.54) is 11.3 Å².